The van der Waals surface area contributed by atoms with Crippen LogP contribution in [-0.2, 0) is 6.54 Å². The third-order valence-corrected chi connectivity index (χ3v) is 4.60. The van der Waals surface area contributed by atoms with E-state index in [1.54, 1.807) is 7.11 Å². The second-order valence-electron chi connectivity index (χ2n) is 5.20. The molecule has 3 rings (SSSR count). The lowest BCUT2D eigenvalue weighted by atomic mass is 10.1. The topological polar surface area (TPSA) is 21.3 Å². The highest BCUT2D eigenvalue weighted by Crippen LogP contribution is 2.40. The van der Waals surface area contributed by atoms with Gasteiger partial charge in [0.1, 0.15) is 5.75 Å². The Labute approximate surface area is 128 Å². The lowest BCUT2D eigenvalue weighted by Gasteiger charge is -2.09. The lowest BCUT2D eigenvalue weighted by Crippen LogP contribution is -2.17. The first-order valence-corrected chi connectivity index (χ1v) is 7.68. The molecule has 1 fully saturated rings. The molecular formula is C17H18BrNO. The van der Waals surface area contributed by atoms with Crippen molar-refractivity contribution in [1.29, 1.82) is 0 Å². The van der Waals surface area contributed by atoms with Crippen LogP contribution in [0.15, 0.2) is 53.0 Å². The first kappa shape index (κ1) is 13.7. The van der Waals surface area contributed by atoms with Crippen molar-refractivity contribution in [2.75, 3.05) is 7.11 Å². The Bertz CT molecular complexity index is 585. The molecule has 0 heterocycles. The first-order valence-electron chi connectivity index (χ1n) is 6.88. The third-order valence-electron chi connectivity index (χ3n) is 3.83. The van der Waals surface area contributed by atoms with Crippen molar-refractivity contribution in [2.24, 2.45) is 0 Å². The van der Waals surface area contributed by atoms with Crippen molar-refractivity contribution in [3.63, 3.8) is 0 Å². The number of rotatable bonds is 5. The van der Waals surface area contributed by atoms with Crippen LogP contribution in [0.25, 0.3) is 0 Å². The largest absolute Gasteiger partial charge is 0.497 e. The molecule has 104 valence electrons. The van der Waals surface area contributed by atoms with Gasteiger partial charge in [0.15, 0.2) is 0 Å². The van der Waals surface area contributed by atoms with Gasteiger partial charge in [-0.05, 0) is 35.7 Å². The summed E-state index contributed by atoms with van der Waals surface area (Å²) < 4.78 is 6.40. The van der Waals surface area contributed by atoms with Gasteiger partial charge in [-0.25, -0.2) is 0 Å². The molecule has 1 aliphatic rings. The number of ether oxygens (including phenoxy) is 1. The van der Waals surface area contributed by atoms with E-state index in [-0.39, 0.29) is 0 Å². The molecule has 2 nitrogen and oxygen atoms in total. The molecule has 20 heavy (non-hydrogen) atoms. The molecule has 1 aliphatic carbocycles. The summed E-state index contributed by atoms with van der Waals surface area (Å²) in [4.78, 5) is 0. The smallest absolute Gasteiger partial charge is 0.119 e. The highest BCUT2D eigenvalue weighted by Gasteiger charge is 2.37. The SMILES string of the molecule is COc1ccc(Br)c(CNC2CC2c2ccccc2)c1. The van der Waals surface area contributed by atoms with Gasteiger partial charge in [0.2, 0.25) is 0 Å². The Morgan fingerprint density at radius 3 is 2.75 bits per heavy atom. The summed E-state index contributed by atoms with van der Waals surface area (Å²) in [6, 6.07) is 17.4. The number of nitrogens with one attached hydrogen (secondary N) is 1. The number of hydrogen-bond acceptors (Lipinski definition) is 2. The van der Waals surface area contributed by atoms with Crippen LogP contribution in [0.1, 0.15) is 23.5 Å². The van der Waals surface area contributed by atoms with Crippen LogP contribution in [0.3, 0.4) is 0 Å². The van der Waals surface area contributed by atoms with Crippen LogP contribution >= 0.6 is 15.9 Å². The van der Waals surface area contributed by atoms with Crippen LogP contribution in [-0.4, -0.2) is 13.2 Å². The van der Waals surface area contributed by atoms with Gasteiger partial charge in [-0.3, -0.25) is 0 Å². The molecule has 0 bridgehead atoms. The summed E-state index contributed by atoms with van der Waals surface area (Å²) in [6.07, 6.45) is 1.23. The fourth-order valence-corrected chi connectivity index (χ4v) is 2.93. The van der Waals surface area contributed by atoms with Crippen LogP contribution < -0.4 is 10.1 Å². The highest BCUT2D eigenvalue weighted by atomic mass is 79.9. The molecule has 2 atom stereocenters. The van der Waals surface area contributed by atoms with E-state index in [1.165, 1.54) is 17.5 Å². The van der Waals surface area contributed by atoms with Gasteiger partial charge >= 0.3 is 0 Å². The van der Waals surface area contributed by atoms with Gasteiger partial charge in [-0.15, -0.1) is 0 Å². The van der Waals surface area contributed by atoms with Gasteiger partial charge in [0.25, 0.3) is 0 Å². The molecule has 2 aromatic carbocycles. The Balaban J connectivity index is 1.59. The predicted octanol–water partition coefficient (Wildman–Crippen LogP) is 4.10. The molecule has 1 saturated carbocycles. The fourth-order valence-electron chi connectivity index (χ4n) is 2.54. The van der Waals surface area contributed by atoms with E-state index in [1.807, 2.05) is 12.1 Å². The van der Waals surface area contributed by atoms with Gasteiger partial charge < -0.3 is 10.1 Å². The van der Waals surface area contributed by atoms with Crippen LogP contribution in [0, 0.1) is 0 Å². The highest BCUT2D eigenvalue weighted by molar-refractivity contribution is 9.10. The fraction of sp³-hybridized carbons (Fsp3) is 0.294. The van der Waals surface area contributed by atoms with E-state index >= 15 is 0 Å². The minimum absolute atomic E-state index is 0.593. The summed E-state index contributed by atoms with van der Waals surface area (Å²) in [6.45, 7) is 0.867. The summed E-state index contributed by atoms with van der Waals surface area (Å²) in [5, 5.41) is 3.63. The normalized spacial score (nSPS) is 20.7. The summed E-state index contributed by atoms with van der Waals surface area (Å²) in [7, 11) is 1.70. The van der Waals surface area contributed by atoms with E-state index in [9.17, 15) is 0 Å². The molecule has 2 aromatic rings. The maximum atomic E-state index is 5.27. The molecule has 0 radical (unpaired) electrons. The van der Waals surface area contributed by atoms with E-state index in [0.29, 0.717) is 12.0 Å². The number of methoxy groups -OCH3 is 1. The predicted molar refractivity (Wildman–Crippen MR) is 85.1 cm³/mol. The van der Waals surface area contributed by atoms with Gasteiger partial charge in [-0.1, -0.05) is 46.3 Å². The average molecular weight is 332 g/mol. The molecule has 0 aromatic heterocycles. The molecule has 0 aliphatic heterocycles. The maximum Gasteiger partial charge on any atom is 0.119 e. The standard InChI is InChI=1S/C17H18BrNO/c1-20-14-7-8-16(18)13(9-14)11-19-17-10-15(17)12-5-3-2-4-6-12/h2-9,15,17,19H,10-11H2,1H3. The first-order chi connectivity index (χ1) is 9.78. The van der Waals surface area contributed by atoms with Crippen LogP contribution in [0.4, 0.5) is 0 Å². The van der Waals surface area contributed by atoms with Crippen molar-refractivity contribution >= 4 is 15.9 Å². The summed E-state index contributed by atoms with van der Waals surface area (Å²) in [5.41, 5.74) is 2.68. The zero-order valence-electron chi connectivity index (χ0n) is 11.5. The Kier molecular flexibility index (Phi) is 4.08. The van der Waals surface area contributed by atoms with Gasteiger partial charge in [0, 0.05) is 23.0 Å². The van der Waals surface area contributed by atoms with Crippen molar-refractivity contribution in [3.8, 4) is 5.75 Å². The zero-order valence-corrected chi connectivity index (χ0v) is 13.1. The van der Waals surface area contributed by atoms with E-state index in [4.69, 9.17) is 4.74 Å². The lowest BCUT2D eigenvalue weighted by molar-refractivity contribution is 0.414. The van der Waals surface area contributed by atoms with E-state index in [2.05, 4.69) is 57.6 Å². The number of benzene rings is 2. The molecule has 3 heteroatoms. The van der Waals surface area contributed by atoms with Crippen LogP contribution in [0.2, 0.25) is 0 Å². The van der Waals surface area contributed by atoms with Crippen LogP contribution in [0.5, 0.6) is 5.75 Å². The van der Waals surface area contributed by atoms with E-state index < -0.39 is 0 Å². The summed E-state index contributed by atoms with van der Waals surface area (Å²) in [5.74, 6) is 1.57. The van der Waals surface area contributed by atoms with Crippen molar-refractivity contribution in [3.05, 3.63) is 64.1 Å². The third kappa shape index (κ3) is 3.05. The monoisotopic (exact) mass is 331 g/mol. The second-order valence-corrected chi connectivity index (χ2v) is 6.05. The molecular weight excluding hydrogens is 314 g/mol. The Morgan fingerprint density at radius 1 is 1.20 bits per heavy atom. The minimum Gasteiger partial charge on any atom is -0.497 e. The van der Waals surface area contributed by atoms with Crippen molar-refractivity contribution in [2.45, 2.75) is 24.9 Å². The molecule has 0 amide bonds. The van der Waals surface area contributed by atoms with Gasteiger partial charge in [0.05, 0.1) is 7.11 Å². The minimum atomic E-state index is 0.593. The van der Waals surface area contributed by atoms with Crippen molar-refractivity contribution < 1.29 is 4.74 Å². The average Bonchev–Trinajstić information content (AvgIpc) is 3.27. The number of halogens is 1. The summed E-state index contributed by atoms with van der Waals surface area (Å²) >= 11 is 3.59. The Hall–Kier alpha value is -1.32. The zero-order chi connectivity index (χ0) is 13.9. The van der Waals surface area contributed by atoms with E-state index in [0.717, 1.165) is 16.8 Å². The molecule has 1 N–H and O–H groups in total. The van der Waals surface area contributed by atoms with Gasteiger partial charge in [-0.2, -0.15) is 0 Å². The van der Waals surface area contributed by atoms with Crippen molar-refractivity contribution in [1.82, 2.24) is 5.32 Å². The second kappa shape index (κ2) is 5.98. The quantitative estimate of drug-likeness (QED) is 0.890. The maximum absolute atomic E-state index is 5.27. The Morgan fingerprint density at radius 2 is 2.00 bits per heavy atom. The molecule has 2 unspecified atom stereocenters. The molecule has 0 saturated heterocycles. The molecule has 0 spiro atoms. The number of hydrogen-bond donors (Lipinski definition) is 1.